The van der Waals surface area contributed by atoms with Crippen LogP contribution in [0.5, 0.6) is 0 Å². The third-order valence-electron chi connectivity index (χ3n) is 1.00. The molecular formula is C6H14N2O4. The zero-order chi connectivity index (χ0) is 10.3. The molecular weight excluding hydrogens is 164 g/mol. The van der Waals surface area contributed by atoms with Gasteiger partial charge < -0.3 is 21.7 Å². The number of nitrogens with two attached hydrogens (primary N) is 2. The van der Waals surface area contributed by atoms with E-state index in [2.05, 4.69) is 5.73 Å². The van der Waals surface area contributed by atoms with E-state index in [0.29, 0.717) is 0 Å². The summed E-state index contributed by atoms with van der Waals surface area (Å²) in [5, 5.41) is 15.4. The number of carboxylic acids is 1. The average Bonchev–Trinajstić information content (AvgIpc) is 1.84. The van der Waals surface area contributed by atoms with E-state index in [-0.39, 0.29) is 5.92 Å². The van der Waals surface area contributed by atoms with Crippen LogP contribution < -0.4 is 11.5 Å². The predicted octanol–water partition coefficient (Wildman–Crippen LogP) is -0.323. The summed E-state index contributed by atoms with van der Waals surface area (Å²) in [6.45, 7) is 3.55. The molecule has 0 aromatic heterocycles. The highest BCUT2D eigenvalue weighted by Crippen LogP contribution is 1.96. The Morgan fingerprint density at radius 2 is 1.50 bits per heavy atom. The van der Waals surface area contributed by atoms with Crippen LogP contribution in [-0.2, 0) is 4.79 Å². The Morgan fingerprint density at radius 1 is 1.25 bits per heavy atom. The standard InChI is InChI=1S/C5H11NO2.CH3NO2/c1-3(2)4(6)5(7)8;2-1(3)4/h3-4H,6H2,1-2H3,(H,7,8);2H2,(H,3,4)/t4-;/m1./s1. The highest BCUT2D eigenvalue weighted by atomic mass is 16.4. The molecule has 0 fully saturated rings. The van der Waals surface area contributed by atoms with Crippen molar-refractivity contribution in [2.75, 3.05) is 0 Å². The maximum Gasteiger partial charge on any atom is 0.402 e. The van der Waals surface area contributed by atoms with E-state index in [1.54, 1.807) is 13.8 Å². The zero-order valence-corrected chi connectivity index (χ0v) is 7.02. The molecule has 0 unspecified atom stereocenters. The molecule has 0 saturated heterocycles. The van der Waals surface area contributed by atoms with Gasteiger partial charge in [0.15, 0.2) is 0 Å². The number of hydrogen-bond acceptors (Lipinski definition) is 3. The molecule has 6 heteroatoms. The Hall–Kier alpha value is -1.30. The molecule has 72 valence electrons. The van der Waals surface area contributed by atoms with Gasteiger partial charge in [0.25, 0.3) is 0 Å². The topological polar surface area (TPSA) is 127 Å². The molecule has 1 atom stereocenters. The van der Waals surface area contributed by atoms with E-state index in [1.807, 2.05) is 0 Å². The van der Waals surface area contributed by atoms with E-state index >= 15 is 0 Å². The number of aliphatic carboxylic acids is 1. The van der Waals surface area contributed by atoms with Crippen molar-refractivity contribution in [2.45, 2.75) is 19.9 Å². The molecule has 0 heterocycles. The zero-order valence-electron chi connectivity index (χ0n) is 7.02. The maximum absolute atomic E-state index is 10.0. The fraction of sp³-hybridized carbons (Fsp3) is 0.667. The molecule has 0 radical (unpaired) electrons. The molecule has 0 spiro atoms. The number of carboxylic acid groups (broad SMARTS) is 2. The van der Waals surface area contributed by atoms with E-state index < -0.39 is 18.1 Å². The first kappa shape index (κ1) is 13.3. The normalized spacial score (nSPS) is 11.3. The summed E-state index contributed by atoms with van der Waals surface area (Å²) in [4.78, 5) is 18.8. The molecule has 0 aliphatic rings. The van der Waals surface area contributed by atoms with Crippen LogP contribution in [0.3, 0.4) is 0 Å². The highest BCUT2D eigenvalue weighted by Gasteiger charge is 2.14. The molecule has 0 bridgehead atoms. The lowest BCUT2D eigenvalue weighted by atomic mass is 10.1. The summed E-state index contributed by atoms with van der Waals surface area (Å²) in [5.41, 5.74) is 9.19. The van der Waals surface area contributed by atoms with Gasteiger partial charge in [-0.1, -0.05) is 13.8 Å². The minimum atomic E-state index is -1.33. The third-order valence-corrected chi connectivity index (χ3v) is 1.00. The van der Waals surface area contributed by atoms with Crippen molar-refractivity contribution in [1.29, 1.82) is 0 Å². The van der Waals surface area contributed by atoms with Gasteiger partial charge in [-0.05, 0) is 5.92 Å². The van der Waals surface area contributed by atoms with Crippen LogP contribution in [0.1, 0.15) is 13.8 Å². The van der Waals surface area contributed by atoms with Gasteiger partial charge in [0.2, 0.25) is 0 Å². The Kier molecular flexibility index (Phi) is 7.11. The molecule has 0 aromatic carbocycles. The van der Waals surface area contributed by atoms with Crippen LogP contribution in [0.15, 0.2) is 0 Å². The van der Waals surface area contributed by atoms with E-state index in [1.165, 1.54) is 0 Å². The van der Waals surface area contributed by atoms with Gasteiger partial charge in [-0.2, -0.15) is 0 Å². The summed E-state index contributed by atoms with van der Waals surface area (Å²) in [7, 11) is 0. The fourth-order valence-corrected chi connectivity index (χ4v) is 0.285. The van der Waals surface area contributed by atoms with E-state index in [9.17, 15) is 4.79 Å². The molecule has 6 N–H and O–H groups in total. The van der Waals surface area contributed by atoms with Crippen molar-refractivity contribution in [3.63, 3.8) is 0 Å². The molecule has 6 nitrogen and oxygen atoms in total. The Bertz CT molecular complexity index is 154. The van der Waals surface area contributed by atoms with Crippen LogP contribution in [0.4, 0.5) is 4.79 Å². The first-order valence-electron chi connectivity index (χ1n) is 3.25. The molecule has 0 aliphatic carbocycles. The maximum atomic E-state index is 10.0. The number of amides is 1. The molecule has 12 heavy (non-hydrogen) atoms. The second-order valence-corrected chi connectivity index (χ2v) is 2.45. The van der Waals surface area contributed by atoms with Crippen LogP contribution in [0.25, 0.3) is 0 Å². The van der Waals surface area contributed by atoms with Crippen molar-refractivity contribution in [3.05, 3.63) is 0 Å². The smallest absolute Gasteiger partial charge is 0.402 e. The van der Waals surface area contributed by atoms with Crippen molar-refractivity contribution in [3.8, 4) is 0 Å². The fourth-order valence-electron chi connectivity index (χ4n) is 0.285. The molecule has 1 amide bonds. The summed E-state index contributed by atoms with van der Waals surface area (Å²) in [6.07, 6.45) is -1.33. The summed E-state index contributed by atoms with van der Waals surface area (Å²) < 4.78 is 0. The van der Waals surface area contributed by atoms with Gasteiger partial charge in [0, 0.05) is 0 Å². The second kappa shape index (κ2) is 6.41. The number of rotatable bonds is 2. The van der Waals surface area contributed by atoms with Crippen LogP contribution in [0.2, 0.25) is 0 Å². The van der Waals surface area contributed by atoms with Crippen molar-refractivity contribution in [1.82, 2.24) is 0 Å². The van der Waals surface area contributed by atoms with Gasteiger partial charge >= 0.3 is 12.1 Å². The first-order valence-corrected chi connectivity index (χ1v) is 3.25. The van der Waals surface area contributed by atoms with Crippen LogP contribution in [-0.4, -0.2) is 28.3 Å². The Labute approximate surface area is 70.2 Å². The van der Waals surface area contributed by atoms with Gasteiger partial charge in [0.1, 0.15) is 6.04 Å². The lowest BCUT2D eigenvalue weighted by Gasteiger charge is -2.07. The number of primary amides is 1. The Morgan fingerprint density at radius 3 is 1.50 bits per heavy atom. The average molecular weight is 178 g/mol. The number of carbonyl (C=O) groups is 2. The highest BCUT2D eigenvalue weighted by molar-refractivity contribution is 5.73. The van der Waals surface area contributed by atoms with E-state index in [4.69, 9.17) is 20.7 Å². The molecule has 0 rings (SSSR count). The monoisotopic (exact) mass is 178 g/mol. The Balaban J connectivity index is 0. The lowest BCUT2D eigenvalue weighted by Crippen LogP contribution is -2.34. The second-order valence-electron chi connectivity index (χ2n) is 2.45. The molecule has 0 aromatic rings. The largest absolute Gasteiger partial charge is 0.480 e. The quantitative estimate of drug-likeness (QED) is 0.460. The minimum Gasteiger partial charge on any atom is -0.480 e. The lowest BCUT2D eigenvalue weighted by molar-refractivity contribution is -0.139. The van der Waals surface area contributed by atoms with Crippen molar-refractivity contribution in [2.24, 2.45) is 17.4 Å². The molecule has 0 aliphatic heterocycles. The van der Waals surface area contributed by atoms with Crippen LogP contribution >= 0.6 is 0 Å². The van der Waals surface area contributed by atoms with Gasteiger partial charge in [-0.3, -0.25) is 4.79 Å². The molecule has 0 saturated carbocycles. The third kappa shape index (κ3) is 11.5. The van der Waals surface area contributed by atoms with Crippen molar-refractivity contribution < 1.29 is 19.8 Å². The van der Waals surface area contributed by atoms with E-state index in [0.717, 1.165) is 0 Å². The predicted molar refractivity (Wildman–Crippen MR) is 42.7 cm³/mol. The van der Waals surface area contributed by atoms with Gasteiger partial charge in [-0.25, -0.2) is 4.79 Å². The van der Waals surface area contributed by atoms with Crippen molar-refractivity contribution >= 4 is 12.1 Å². The first-order chi connectivity index (χ1) is 5.29. The summed E-state index contributed by atoms with van der Waals surface area (Å²) >= 11 is 0. The SMILES string of the molecule is CC(C)[C@@H](N)C(=O)O.NC(=O)O. The number of hydrogen-bond donors (Lipinski definition) is 4. The minimum absolute atomic E-state index is 0.0208. The van der Waals surface area contributed by atoms with Gasteiger partial charge in [0.05, 0.1) is 0 Å². The van der Waals surface area contributed by atoms with Crippen LogP contribution in [0, 0.1) is 5.92 Å². The summed E-state index contributed by atoms with van der Waals surface area (Å²) in [6, 6.07) is -0.713. The van der Waals surface area contributed by atoms with Gasteiger partial charge in [-0.15, -0.1) is 0 Å². The summed E-state index contributed by atoms with van der Waals surface area (Å²) in [5.74, 6) is -0.910.